The van der Waals surface area contributed by atoms with Crippen LogP contribution in [0.25, 0.3) is 39.1 Å². The maximum Gasteiger partial charge on any atom is 0.00621 e. The molecule has 41 heavy (non-hydrogen) atoms. The Bertz CT molecular complexity index is 2000. The molecule has 0 nitrogen and oxygen atoms in total. The van der Waals surface area contributed by atoms with E-state index in [0.29, 0.717) is 17.8 Å². The van der Waals surface area contributed by atoms with Crippen molar-refractivity contribution in [2.24, 2.45) is 11.8 Å². The van der Waals surface area contributed by atoms with E-state index in [0.717, 1.165) is 12.8 Å². The maximum atomic E-state index is 2.46. The minimum absolute atomic E-state index is 0.432. The monoisotopic (exact) mass is 526 g/mol. The van der Waals surface area contributed by atoms with Crippen LogP contribution in [0.5, 0.6) is 0 Å². The van der Waals surface area contributed by atoms with Crippen molar-refractivity contribution in [3.05, 3.63) is 160 Å². The largest absolute Gasteiger partial charge is 0.0848 e. The van der Waals surface area contributed by atoms with Crippen LogP contribution in [-0.2, 0) is 6.42 Å². The van der Waals surface area contributed by atoms with E-state index in [2.05, 4.69) is 140 Å². The molecule has 198 valence electrons. The molecule has 3 aliphatic carbocycles. The fourth-order valence-electron chi connectivity index (χ4n) is 7.33. The van der Waals surface area contributed by atoms with E-state index in [9.17, 15) is 0 Å². The zero-order chi connectivity index (χ0) is 27.3. The Morgan fingerprint density at radius 1 is 0.537 bits per heavy atom. The summed E-state index contributed by atoms with van der Waals surface area (Å²) in [6.07, 6.45) is 12.9. The van der Waals surface area contributed by atoms with Crippen LogP contribution < -0.4 is 10.4 Å². The second-order valence-electron chi connectivity index (χ2n) is 12.2. The maximum absolute atomic E-state index is 2.46. The number of benzene rings is 5. The second kappa shape index (κ2) is 9.89. The van der Waals surface area contributed by atoms with Gasteiger partial charge in [-0.2, -0.15) is 0 Å². The van der Waals surface area contributed by atoms with Crippen LogP contribution in [0.1, 0.15) is 47.9 Å². The molecule has 0 amide bonds. The Hall–Kier alpha value is -4.42. The molecule has 0 bridgehead atoms. The zero-order valence-corrected chi connectivity index (χ0v) is 23.6. The standard InChI is InChI=1S/C41H34/c1-27-13-14-37-26-41(39-12-5-4-11-38(39)40(37)21-27)36-10-6-9-30(25-36)31-17-18-35-24-34(20-19-33(35)23-31)32-16-15-28-7-2-3-8-29(28)22-32/h2-20,23-25,27,32,37H,21-22,26H2,1H3. The third-order valence-corrected chi connectivity index (χ3v) is 9.52. The molecule has 0 fully saturated rings. The highest BCUT2D eigenvalue weighted by molar-refractivity contribution is 5.88. The van der Waals surface area contributed by atoms with Gasteiger partial charge in [0.15, 0.2) is 0 Å². The first-order valence-corrected chi connectivity index (χ1v) is 15.1. The van der Waals surface area contributed by atoms with Gasteiger partial charge in [-0.05, 0) is 97.5 Å². The van der Waals surface area contributed by atoms with E-state index < -0.39 is 0 Å². The van der Waals surface area contributed by atoms with Gasteiger partial charge in [0.25, 0.3) is 0 Å². The second-order valence-corrected chi connectivity index (χ2v) is 12.2. The van der Waals surface area contributed by atoms with Crippen LogP contribution in [0, 0.1) is 11.8 Å². The van der Waals surface area contributed by atoms with Crippen LogP contribution in [0.15, 0.2) is 127 Å². The average Bonchev–Trinajstić information content (AvgIpc) is 3.04. The van der Waals surface area contributed by atoms with Gasteiger partial charge in [0, 0.05) is 11.8 Å². The molecule has 0 heterocycles. The van der Waals surface area contributed by atoms with Crippen molar-refractivity contribution in [3.8, 4) is 11.1 Å². The average molecular weight is 527 g/mol. The number of allylic oxidation sites excluding steroid dienone is 3. The molecule has 8 rings (SSSR count). The summed E-state index contributed by atoms with van der Waals surface area (Å²) < 4.78 is 0. The van der Waals surface area contributed by atoms with Gasteiger partial charge < -0.3 is 0 Å². The first-order chi connectivity index (χ1) is 20.2. The summed E-state index contributed by atoms with van der Waals surface area (Å²) >= 11 is 0. The molecule has 3 atom stereocenters. The number of rotatable bonds is 3. The van der Waals surface area contributed by atoms with E-state index in [-0.39, 0.29) is 0 Å². The van der Waals surface area contributed by atoms with Crippen molar-refractivity contribution in [2.45, 2.75) is 32.1 Å². The molecule has 3 aliphatic rings. The minimum atomic E-state index is 0.432. The minimum Gasteiger partial charge on any atom is -0.0848 e. The molecular formula is C41H34. The summed E-state index contributed by atoms with van der Waals surface area (Å²) in [7, 11) is 0. The van der Waals surface area contributed by atoms with Crippen molar-refractivity contribution in [1.82, 2.24) is 0 Å². The number of hydrogen-bond acceptors (Lipinski definition) is 0. The Kier molecular flexibility index (Phi) is 5.88. The Morgan fingerprint density at radius 2 is 1.32 bits per heavy atom. The van der Waals surface area contributed by atoms with Gasteiger partial charge in [0.1, 0.15) is 0 Å². The van der Waals surface area contributed by atoms with Gasteiger partial charge in [-0.3, -0.25) is 0 Å². The normalized spacial score (nSPS) is 21.0. The van der Waals surface area contributed by atoms with Crippen molar-refractivity contribution in [2.75, 3.05) is 0 Å². The quantitative estimate of drug-likeness (QED) is 0.206. The summed E-state index contributed by atoms with van der Waals surface area (Å²) in [6.45, 7) is 2.33. The predicted molar refractivity (Wildman–Crippen MR) is 174 cm³/mol. The smallest absolute Gasteiger partial charge is 0.00621 e. The van der Waals surface area contributed by atoms with Gasteiger partial charge in [-0.25, -0.2) is 0 Å². The van der Waals surface area contributed by atoms with Crippen LogP contribution in [0.2, 0.25) is 0 Å². The van der Waals surface area contributed by atoms with E-state index in [1.54, 1.807) is 5.57 Å². The fraction of sp³-hybridized carbons (Fsp3) is 0.171. The van der Waals surface area contributed by atoms with Gasteiger partial charge >= 0.3 is 0 Å². The summed E-state index contributed by atoms with van der Waals surface area (Å²) in [5.74, 6) is 1.57. The molecule has 0 spiro atoms. The highest BCUT2D eigenvalue weighted by Gasteiger charge is 2.25. The first kappa shape index (κ1) is 24.4. The molecule has 0 aliphatic heterocycles. The molecule has 0 saturated heterocycles. The fourth-order valence-corrected chi connectivity index (χ4v) is 7.33. The topological polar surface area (TPSA) is 0 Å². The summed E-state index contributed by atoms with van der Waals surface area (Å²) in [5, 5.41) is 5.49. The van der Waals surface area contributed by atoms with Crippen LogP contribution in [-0.4, -0.2) is 0 Å². The van der Waals surface area contributed by atoms with E-state index >= 15 is 0 Å². The third kappa shape index (κ3) is 4.39. The summed E-state index contributed by atoms with van der Waals surface area (Å²) in [6, 6.07) is 41.0. The molecular weight excluding hydrogens is 492 g/mol. The Labute approximate surface area is 242 Å². The highest BCUT2D eigenvalue weighted by atomic mass is 14.3. The highest BCUT2D eigenvalue weighted by Crippen LogP contribution is 2.37. The lowest BCUT2D eigenvalue weighted by Crippen LogP contribution is -2.36. The van der Waals surface area contributed by atoms with E-state index in [1.807, 2.05) is 0 Å². The SMILES string of the molecule is CC1C=CC2CC(c3cccc(-c4ccc5cc(C6C=Cc7ccccc7C6)ccc5c4)c3)=c3ccccc3=C2C1. The van der Waals surface area contributed by atoms with Gasteiger partial charge in [0.05, 0.1) is 0 Å². The first-order valence-electron chi connectivity index (χ1n) is 15.1. The molecule has 5 aromatic carbocycles. The number of fused-ring (bicyclic) bond motifs is 4. The van der Waals surface area contributed by atoms with Crippen molar-refractivity contribution in [3.63, 3.8) is 0 Å². The van der Waals surface area contributed by atoms with Crippen LogP contribution >= 0.6 is 0 Å². The van der Waals surface area contributed by atoms with E-state index in [4.69, 9.17) is 0 Å². The summed E-state index contributed by atoms with van der Waals surface area (Å²) in [4.78, 5) is 0. The Balaban J connectivity index is 1.15. The van der Waals surface area contributed by atoms with Gasteiger partial charge in [0.2, 0.25) is 0 Å². The third-order valence-electron chi connectivity index (χ3n) is 9.52. The number of hydrogen-bond donors (Lipinski definition) is 0. The van der Waals surface area contributed by atoms with E-state index in [1.165, 1.54) is 66.6 Å². The van der Waals surface area contributed by atoms with Crippen molar-refractivity contribution in [1.29, 1.82) is 0 Å². The lowest BCUT2D eigenvalue weighted by Gasteiger charge is -2.29. The molecule has 0 heteroatoms. The lowest BCUT2D eigenvalue weighted by atomic mass is 9.75. The zero-order valence-electron chi connectivity index (χ0n) is 23.6. The molecule has 0 aromatic heterocycles. The van der Waals surface area contributed by atoms with Crippen molar-refractivity contribution < 1.29 is 0 Å². The lowest BCUT2D eigenvalue weighted by molar-refractivity contribution is 0.656. The van der Waals surface area contributed by atoms with Gasteiger partial charge in [-0.1, -0.05) is 134 Å². The summed E-state index contributed by atoms with van der Waals surface area (Å²) in [5.41, 5.74) is 11.2. The molecule has 3 unspecified atom stereocenters. The molecule has 0 saturated carbocycles. The Morgan fingerprint density at radius 3 is 2.27 bits per heavy atom. The van der Waals surface area contributed by atoms with Crippen molar-refractivity contribution >= 4 is 28.0 Å². The van der Waals surface area contributed by atoms with Crippen LogP contribution in [0.4, 0.5) is 0 Å². The predicted octanol–water partition coefficient (Wildman–Crippen LogP) is 8.83. The molecule has 0 N–H and O–H groups in total. The van der Waals surface area contributed by atoms with Gasteiger partial charge in [-0.15, -0.1) is 0 Å². The van der Waals surface area contributed by atoms with Crippen LogP contribution in [0.3, 0.4) is 0 Å². The molecule has 5 aromatic rings. The molecule has 0 radical (unpaired) electrons.